The number of fused-ring (bicyclic) bond motifs is 1. The predicted molar refractivity (Wildman–Crippen MR) is 149 cm³/mol. The second kappa shape index (κ2) is 10.6. The van der Waals surface area contributed by atoms with Crippen molar-refractivity contribution >= 4 is 50.6 Å². The summed E-state index contributed by atoms with van der Waals surface area (Å²) in [5, 5.41) is 0.680. The molecule has 0 spiro atoms. The van der Waals surface area contributed by atoms with Gasteiger partial charge in [-0.15, -0.1) is 0 Å². The van der Waals surface area contributed by atoms with E-state index in [0.717, 1.165) is 30.6 Å². The molecule has 2 aliphatic heterocycles. The van der Waals surface area contributed by atoms with Crippen LogP contribution in [0, 0.1) is 0 Å². The van der Waals surface area contributed by atoms with Crippen LogP contribution in [0.15, 0.2) is 66.0 Å². The van der Waals surface area contributed by atoms with Gasteiger partial charge in [0.15, 0.2) is 0 Å². The van der Waals surface area contributed by atoms with Crippen molar-refractivity contribution in [3.05, 3.63) is 71.6 Å². The number of nitrogens with one attached hydrogen (secondary N) is 1. The van der Waals surface area contributed by atoms with Crippen LogP contribution in [-0.2, 0) is 26.0 Å². The molecule has 0 radical (unpaired) electrons. The van der Waals surface area contributed by atoms with Gasteiger partial charge in [-0.05, 0) is 73.9 Å². The number of hydrogen-bond donors (Lipinski definition) is 1. The minimum Gasteiger partial charge on any atom is -0.360 e. The summed E-state index contributed by atoms with van der Waals surface area (Å²) >= 11 is 6.16. The summed E-state index contributed by atoms with van der Waals surface area (Å²) in [6.07, 6.45) is 4.53. The Hall–Kier alpha value is -3.70. The SMILES string of the molecule is C[C@@H](C(=O)N1CCN(c2ccc(S(=O)(=O)Nc3ccncn3)cc2)C(=O)C1)N1CCCc2cc(Cl)ccc21.[HH].[HH]. The van der Waals surface area contributed by atoms with Crippen molar-refractivity contribution < 1.29 is 20.9 Å². The van der Waals surface area contributed by atoms with Crippen molar-refractivity contribution in [3.63, 3.8) is 0 Å². The molecule has 5 rings (SSSR count). The minimum absolute atomic E-state index is 0. The van der Waals surface area contributed by atoms with Gasteiger partial charge in [-0.3, -0.25) is 14.3 Å². The van der Waals surface area contributed by atoms with E-state index in [2.05, 4.69) is 19.6 Å². The van der Waals surface area contributed by atoms with Gasteiger partial charge in [0, 0.05) is 45.1 Å². The zero-order valence-corrected chi connectivity index (χ0v) is 22.3. The van der Waals surface area contributed by atoms with Crippen LogP contribution in [-0.4, -0.2) is 67.3 Å². The maximum absolute atomic E-state index is 13.4. The standard InChI is InChI=1S/C26H27ClN6O4S.2H2/c1-18(32-12-2-3-19-15-20(27)4-9-23(19)32)26(35)31-13-14-33(25(34)16-31)21-5-7-22(8-6-21)38(36,37)30-24-10-11-28-17-29-24;;/h4-11,15,17-18H,2-3,12-14,16H2,1H3,(H,28,29,30);2*1H/t18-;;/m0../s1. The highest BCUT2D eigenvalue weighted by atomic mass is 35.5. The zero-order chi connectivity index (χ0) is 26.9. The molecule has 2 aromatic carbocycles. The van der Waals surface area contributed by atoms with Crippen LogP contribution in [0.4, 0.5) is 17.2 Å². The lowest BCUT2D eigenvalue weighted by molar-refractivity contribution is -0.137. The van der Waals surface area contributed by atoms with E-state index in [1.807, 2.05) is 25.1 Å². The molecule has 10 nitrogen and oxygen atoms in total. The molecule has 0 saturated carbocycles. The molecule has 1 atom stereocenters. The first kappa shape index (κ1) is 25.9. The first-order chi connectivity index (χ1) is 18.2. The number of rotatable bonds is 6. The summed E-state index contributed by atoms with van der Waals surface area (Å²) in [6, 6.07) is 12.8. The van der Waals surface area contributed by atoms with Crippen LogP contribution < -0.4 is 14.5 Å². The summed E-state index contributed by atoms with van der Waals surface area (Å²) in [6.45, 7) is 3.29. The molecule has 3 aromatic rings. The lowest BCUT2D eigenvalue weighted by Crippen LogP contribution is -2.57. The van der Waals surface area contributed by atoms with Gasteiger partial charge in [-0.25, -0.2) is 18.4 Å². The maximum atomic E-state index is 13.4. The molecule has 0 unspecified atom stereocenters. The number of piperazine rings is 1. The van der Waals surface area contributed by atoms with Crippen molar-refractivity contribution in [3.8, 4) is 0 Å². The van der Waals surface area contributed by atoms with E-state index in [-0.39, 0.29) is 31.9 Å². The van der Waals surface area contributed by atoms with Crippen molar-refractivity contribution in [2.45, 2.75) is 30.7 Å². The van der Waals surface area contributed by atoms with Gasteiger partial charge >= 0.3 is 0 Å². The van der Waals surface area contributed by atoms with E-state index in [1.54, 1.807) is 21.9 Å². The first-order valence-corrected chi connectivity index (χ1v) is 14.1. The quantitative estimate of drug-likeness (QED) is 0.492. The monoisotopic (exact) mass is 558 g/mol. The largest absolute Gasteiger partial charge is 0.360 e. The van der Waals surface area contributed by atoms with Gasteiger partial charge in [-0.2, -0.15) is 0 Å². The molecule has 3 heterocycles. The summed E-state index contributed by atoms with van der Waals surface area (Å²) in [5.74, 6) is -0.165. The Balaban J connectivity index is 0.00000220. The van der Waals surface area contributed by atoms with Gasteiger partial charge < -0.3 is 14.7 Å². The van der Waals surface area contributed by atoms with E-state index in [1.165, 1.54) is 30.7 Å². The molecular formula is C26H31ClN6O4S. The van der Waals surface area contributed by atoms with E-state index in [9.17, 15) is 18.0 Å². The van der Waals surface area contributed by atoms with Crippen LogP contribution in [0.1, 0.15) is 21.8 Å². The number of carbonyl (C=O) groups excluding carboxylic acids is 2. The third kappa shape index (κ3) is 5.30. The van der Waals surface area contributed by atoms with Gasteiger partial charge in [0.25, 0.3) is 10.0 Å². The highest BCUT2D eigenvalue weighted by Crippen LogP contribution is 2.31. The summed E-state index contributed by atoms with van der Waals surface area (Å²) in [5.41, 5.74) is 2.70. The molecular weight excluding hydrogens is 528 g/mol. The molecule has 38 heavy (non-hydrogen) atoms. The fraction of sp³-hybridized carbons (Fsp3) is 0.308. The lowest BCUT2D eigenvalue weighted by atomic mass is 10.00. The molecule has 1 aromatic heterocycles. The smallest absolute Gasteiger partial charge is 0.263 e. The summed E-state index contributed by atoms with van der Waals surface area (Å²) in [4.78, 5) is 39.3. The number of hydrogen-bond acceptors (Lipinski definition) is 7. The van der Waals surface area contributed by atoms with Crippen molar-refractivity contribution in [1.29, 1.82) is 0 Å². The maximum Gasteiger partial charge on any atom is 0.263 e. The lowest BCUT2D eigenvalue weighted by Gasteiger charge is -2.40. The summed E-state index contributed by atoms with van der Waals surface area (Å²) < 4.78 is 27.7. The Morgan fingerprint density at radius 1 is 1.11 bits per heavy atom. The number of sulfonamides is 1. The van der Waals surface area contributed by atoms with Crippen LogP contribution in [0.5, 0.6) is 0 Å². The second-order valence-electron chi connectivity index (χ2n) is 9.25. The fourth-order valence-corrected chi connectivity index (χ4v) is 6.08. The number of nitrogens with zero attached hydrogens (tertiary/aromatic N) is 5. The van der Waals surface area contributed by atoms with Crippen molar-refractivity contribution in [2.24, 2.45) is 0 Å². The molecule has 2 amide bonds. The molecule has 1 N–H and O–H groups in total. The number of aromatic nitrogens is 2. The van der Waals surface area contributed by atoms with Gasteiger partial charge in [-0.1, -0.05) is 11.6 Å². The number of aryl methyl sites for hydroxylation is 1. The van der Waals surface area contributed by atoms with E-state index >= 15 is 0 Å². The Labute approximate surface area is 229 Å². The van der Waals surface area contributed by atoms with E-state index in [0.29, 0.717) is 23.8 Å². The number of anilines is 3. The summed E-state index contributed by atoms with van der Waals surface area (Å²) in [7, 11) is -3.85. The molecule has 2 aliphatic rings. The Bertz CT molecular complexity index is 1460. The Morgan fingerprint density at radius 2 is 1.89 bits per heavy atom. The topological polar surface area (TPSA) is 116 Å². The number of halogens is 1. The average molecular weight is 559 g/mol. The van der Waals surface area contributed by atoms with Gasteiger partial charge in [0.1, 0.15) is 24.7 Å². The van der Waals surface area contributed by atoms with Crippen molar-refractivity contribution in [1.82, 2.24) is 14.9 Å². The van der Waals surface area contributed by atoms with E-state index in [4.69, 9.17) is 11.6 Å². The minimum atomic E-state index is -3.85. The zero-order valence-electron chi connectivity index (χ0n) is 20.7. The number of benzene rings is 2. The van der Waals surface area contributed by atoms with Gasteiger partial charge in [0.05, 0.1) is 4.90 Å². The molecule has 1 saturated heterocycles. The third-order valence-electron chi connectivity index (χ3n) is 6.83. The number of amides is 2. The van der Waals surface area contributed by atoms with Crippen LogP contribution in [0.2, 0.25) is 5.02 Å². The predicted octanol–water partition coefficient (Wildman–Crippen LogP) is 3.44. The Kier molecular flexibility index (Phi) is 7.22. The van der Waals surface area contributed by atoms with Gasteiger partial charge in [0.2, 0.25) is 11.8 Å². The van der Waals surface area contributed by atoms with Crippen LogP contribution in [0.25, 0.3) is 0 Å². The molecule has 12 heteroatoms. The normalized spacial score (nSPS) is 16.7. The number of carbonyl (C=O) groups is 2. The highest BCUT2D eigenvalue weighted by Gasteiger charge is 2.34. The van der Waals surface area contributed by atoms with E-state index < -0.39 is 16.1 Å². The second-order valence-corrected chi connectivity index (χ2v) is 11.4. The molecule has 1 fully saturated rings. The van der Waals surface area contributed by atoms with Crippen LogP contribution in [0.3, 0.4) is 0 Å². The van der Waals surface area contributed by atoms with Crippen molar-refractivity contribution in [2.75, 3.05) is 40.7 Å². The molecule has 0 bridgehead atoms. The fourth-order valence-electron chi connectivity index (χ4n) is 4.88. The van der Waals surface area contributed by atoms with Crippen LogP contribution >= 0.6 is 11.6 Å². The Morgan fingerprint density at radius 3 is 2.61 bits per heavy atom. The molecule has 202 valence electrons. The third-order valence-corrected chi connectivity index (χ3v) is 8.44. The molecule has 0 aliphatic carbocycles. The average Bonchev–Trinajstić information content (AvgIpc) is 2.92. The highest BCUT2D eigenvalue weighted by molar-refractivity contribution is 7.92. The first-order valence-electron chi connectivity index (χ1n) is 12.3.